The Morgan fingerprint density at radius 2 is 2.14 bits per heavy atom. The summed E-state index contributed by atoms with van der Waals surface area (Å²) in [6.07, 6.45) is 2.88. The van der Waals surface area contributed by atoms with E-state index in [-0.39, 0.29) is 5.56 Å². The second-order valence-electron chi connectivity index (χ2n) is 7.43. The lowest BCUT2D eigenvalue weighted by atomic mass is 10.1. The van der Waals surface area contributed by atoms with Crippen molar-refractivity contribution in [3.8, 4) is 0 Å². The number of hydrogen-bond donors (Lipinski definition) is 1. The van der Waals surface area contributed by atoms with Crippen LogP contribution in [-0.2, 0) is 19.5 Å². The lowest BCUT2D eigenvalue weighted by Gasteiger charge is -2.27. The molecule has 5 rings (SSSR count). The quantitative estimate of drug-likeness (QED) is 0.600. The third-order valence-electron chi connectivity index (χ3n) is 5.40. The molecule has 0 amide bonds. The van der Waals surface area contributed by atoms with Gasteiger partial charge in [-0.3, -0.25) is 9.69 Å². The minimum atomic E-state index is -0.443. The molecular weight excluding hydrogens is 446 g/mol. The standard InChI is InChI=1S/C20H17BrClN3O3/c21-11-3-4-16-12(7-11)17(22)14(20(27)28-16)9-25-6-5-15-13(8-25)19(26)24-18(23-15)10-1-2-10/h3-4,7,10H,1-2,5-6,8-9H2,(H,23,24,26). The van der Waals surface area contributed by atoms with E-state index in [9.17, 15) is 9.59 Å². The van der Waals surface area contributed by atoms with Crippen molar-refractivity contribution in [2.24, 2.45) is 0 Å². The van der Waals surface area contributed by atoms with Crippen LogP contribution in [0.15, 0.2) is 36.7 Å². The number of benzene rings is 1. The zero-order chi connectivity index (χ0) is 19.4. The minimum Gasteiger partial charge on any atom is -0.422 e. The molecule has 1 aromatic carbocycles. The normalized spacial score (nSPS) is 17.1. The Morgan fingerprint density at radius 1 is 1.32 bits per heavy atom. The molecule has 144 valence electrons. The van der Waals surface area contributed by atoms with Gasteiger partial charge in [0.05, 0.1) is 21.8 Å². The molecule has 28 heavy (non-hydrogen) atoms. The molecule has 6 nitrogen and oxygen atoms in total. The SMILES string of the molecule is O=c1[nH]c(C2CC2)nc2c1CN(Cc1c(Cl)c3cc(Br)ccc3oc1=O)CC2. The minimum absolute atomic E-state index is 0.0721. The zero-order valence-corrected chi connectivity index (χ0v) is 17.3. The molecule has 0 unspecified atom stereocenters. The number of nitrogens with one attached hydrogen (secondary N) is 1. The van der Waals surface area contributed by atoms with E-state index in [0.29, 0.717) is 59.1 Å². The first-order valence-electron chi connectivity index (χ1n) is 9.24. The number of hydrogen-bond acceptors (Lipinski definition) is 5. The van der Waals surface area contributed by atoms with Crippen LogP contribution in [0.4, 0.5) is 0 Å². The van der Waals surface area contributed by atoms with Crippen LogP contribution in [0.5, 0.6) is 0 Å². The Hall–Kier alpha value is -1.96. The highest BCUT2D eigenvalue weighted by atomic mass is 79.9. The van der Waals surface area contributed by atoms with Gasteiger partial charge in [0.25, 0.3) is 5.56 Å². The largest absolute Gasteiger partial charge is 0.422 e. The van der Waals surface area contributed by atoms with Gasteiger partial charge in [-0.2, -0.15) is 0 Å². The fourth-order valence-electron chi connectivity index (χ4n) is 3.72. The van der Waals surface area contributed by atoms with Gasteiger partial charge in [0.2, 0.25) is 0 Å². The van der Waals surface area contributed by atoms with Gasteiger partial charge < -0.3 is 9.40 Å². The molecule has 1 N–H and O–H groups in total. The molecule has 3 aromatic rings. The van der Waals surface area contributed by atoms with Crippen LogP contribution in [0.2, 0.25) is 5.02 Å². The summed E-state index contributed by atoms with van der Waals surface area (Å²) in [7, 11) is 0. The lowest BCUT2D eigenvalue weighted by molar-refractivity contribution is 0.238. The monoisotopic (exact) mass is 461 g/mol. The average Bonchev–Trinajstić information content (AvgIpc) is 3.51. The third kappa shape index (κ3) is 3.21. The number of fused-ring (bicyclic) bond motifs is 2. The third-order valence-corrected chi connectivity index (χ3v) is 6.33. The second-order valence-corrected chi connectivity index (χ2v) is 8.73. The van der Waals surface area contributed by atoms with E-state index in [2.05, 4.69) is 25.9 Å². The van der Waals surface area contributed by atoms with E-state index in [0.717, 1.165) is 28.8 Å². The van der Waals surface area contributed by atoms with E-state index in [1.165, 1.54) is 0 Å². The fourth-order valence-corrected chi connectivity index (χ4v) is 4.36. The lowest BCUT2D eigenvalue weighted by Crippen LogP contribution is -2.36. The summed E-state index contributed by atoms with van der Waals surface area (Å²) in [6, 6.07) is 5.36. The van der Waals surface area contributed by atoms with Crippen molar-refractivity contribution in [2.75, 3.05) is 6.54 Å². The number of nitrogens with zero attached hydrogens (tertiary/aromatic N) is 2. The molecule has 1 aliphatic heterocycles. The maximum absolute atomic E-state index is 12.5. The molecule has 0 spiro atoms. The summed E-state index contributed by atoms with van der Waals surface area (Å²) >= 11 is 9.96. The van der Waals surface area contributed by atoms with Gasteiger partial charge in [-0.15, -0.1) is 0 Å². The van der Waals surface area contributed by atoms with E-state index in [1.807, 2.05) is 11.0 Å². The first-order chi connectivity index (χ1) is 13.5. The summed E-state index contributed by atoms with van der Waals surface area (Å²) in [4.78, 5) is 34.6. The second kappa shape index (κ2) is 6.83. The zero-order valence-electron chi connectivity index (χ0n) is 14.9. The fraction of sp³-hybridized carbons (Fsp3) is 0.350. The van der Waals surface area contributed by atoms with Crippen LogP contribution in [0, 0.1) is 0 Å². The predicted octanol–water partition coefficient (Wildman–Crippen LogP) is 3.73. The van der Waals surface area contributed by atoms with Gasteiger partial charge in [0.1, 0.15) is 11.4 Å². The van der Waals surface area contributed by atoms with Crippen molar-refractivity contribution in [3.05, 3.63) is 71.1 Å². The van der Waals surface area contributed by atoms with Gasteiger partial charge in [-0.25, -0.2) is 9.78 Å². The van der Waals surface area contributed by atoms with Crippen LogP contribution in [0.3, 0.4) is 0 Å². The van der Waals surface area contributed by atoms with E-state index >= 15 is 0 Å². The maximum Gasteiger partial charge on any atom is 0.342 e. The van der Waals surface area contributed by atoms with Crippen molar-refractivity contribution in [3.63, 3.8) is 0 Å². The molecule has 0 bridgehead atoms. The molecule has 1 aliphatic carbocycles. The van der Waals surface area contributed by atoms with Crippen molar-refractivity contribution < 1.29 is 4.42 Å². The number of halogens is 2. The molecule has 0 saturated heterocycles. The molecule has 2 aromatic heterocycles. The van der Waals surface area contributed by atoms with Crippen LogP contribution in [0.1, 0.15) is 41.4 Å². The predicted molar refractivity (Wildman–Crippen MR) is 110 cm³/mol. The first kappa shape index (κ1) is 18.1. The van der Waals surface area contributed by atoms with Crippen molar-refractivity contribution in [1.82, 2.24) is 14.9 Å². The van der Waals surface area contributed by atoms with Gasteiger partial charge >= 0.3 is 5.63 Å². The van der Waals surface area contributed by atoms with Gasteiger partial charge in [-0.05, 0) is 31.0 Å². The van der Waals surface area contributed by atoms with Crippen molar-refractivity contribution >= 4 is 38.5 Å². The van der Waals surface area contributed by atoms with E-state index in [4.69, 9.17) is 16.0 Å². The summed E-state index contributed by atoms with van der Waals surface area (Å²) in [5, 5.41) is 1.09. The summed E-state index contributed by atoms with van der Waals surface area (Å²) in [6.45, 7) is 1.47. The molecule has 1 fully saturated rings. The smallest absolute Gasteiger partial charge is 0.342 e. The molecule has 3 heterocycles. The molecule has 8 heteroatoms. The molecule has 2 aliphatic rings. The Balaban J connectivity index is 1.46. The Labute approximate surface area is 173 Å². The van der Waals surface area contributed by atoms with Gasteiger partial charge in [-0.1, -0.05) is 27.5 Å². The summed E-state index contributed by atoms with van der Waals surface area (Å²) in [5.41, 5.74) is 1.91. The summed E-state index contributed by atoms with van der Waals surface area (Å²) in [5.74, 6) is 1.23. The van der Waals surface area contributed by atoms with Crippen molar-refractivity contribution in [2.45, 2.75) is 38.3 Å². The van der Waals surface area contributed by atoms with Crippen LogP contribution >= 0.6 is 27.5 Å². The molecule has 0 radical (unpaired) electrons. The highest BCUT2D eigenvalue weighted by Gasteiger charge is 2.29. The first-order valence-corrected chi connectivity index (χ1v) is 10.4. The van der Waals surface area contributed by atoms with Crippen molar-refractivity contribution in [1.29, 1.82) is 0 Å². The van der Waals surface area contributed by atoms with Crippen LogP contribution in [-0.4, -0.2) is 21.4 Å². The number of rotatable bonds is 3. The van der Waals surface area contributed by atoms with E-state index in [1.54, 1.807) is 12.1 Å². The molecule has 1 saturated carbocycles. The number of aromatic amines is 1. The molecule has 0 atom stereocenters. The Bertz CT molecular complexity index is 1220. The Kier molecular flexibility index (Phi) is 4.41. The highest BCUT2D eigenvalue weighted by Crippen LogP contribution is 2.38. The topological polar surface area (TPSA) is 79.2 Å². The molecular formula is C20H17BrClN3O3. The van der Waals surface area contributed by atoms with Gasteiger partial charge in [0.15, 0.2) is 0 Å². The average molecular weight is 463 g/mol. The number of aromatic nitrogens is 2. The van der Waals surface area contributed by atoms with Gasteiger partial charge in [0, 0.05) is 41.8 Å². The van der Waals surface area contributed by atoms with Crippen LogP contribution < -0.4 is 11.2 Å². The van der Waals surface area contributed by atoms with E-state index < -0.39 is 5.63 Å². The van der Waals surface area contributed by atoms with Crippen LogP contribution in [0.25, 0.3) is 11.0 Å². The summed E-state index contributed by atoms with van der Waals surface area (Å²) < 4.78 is 6.30. The maximum atomic E-state index is 12.5. The Morgan fingerprint density at radius 3 is 2.93 bits per heavy atom. The number of H-pyrrole nitrogens is 1. The highest BCUT2D eigenvalue weighted by molar-refractivity contribution is 9.10.